The molecule has 0 saturated carbocycles. The number of halogens is 1. The van der Waals surface area contributed by atoms with Gasteiger partial charge in [0.1, 0.15) is 5.82 Å². The Morgan fingerprint density at radius 3 is 2.74 bits per heavy atom. The Hall–Kier alpha value is -1.12. The second kappa shape index (κ2) is 5.48. The molecule has 104 valence electrons. The van der Waals surface area contributed by atoms with Crippen LogP contribution in [0.2, 0.25) is 0 Å². The zero-order valence-electron chi connectivity index (χ0n) is 9.93. The highest BCUT2D eigenvalue weighted by Gasteiger charge is 2.24. The molecule has 0 spiro atoms. The van der Waals surface area contributed by atoms with Crippen LogP contribution in [0.15, 0.2) is 23.1 Å². The molecule has 19 heavy (non-hydrogen) atoms. The molecule has 2 rings (SSSR count). The Kier molecular flexibility index (Phi) is 4.12. The summed E-state index contributed by atoms with van der Waals surface area (Å²) in [6.07, 6.45) is 1.74. The topological polar surface area (TPSA) is 89.3 Å². The van der Waals surface area contributed by atoms with Gasteiger partial charge in [0.2, 0.25) is 15.9 Å². The molecule has 5 nitrogen and oxygen atoms in total. The Balaban J connectivity index is 2.15. The maximum atomic E-state index is 13.7. The van der Waals surface area contributed by atoms with Crippen LogP contribution in [0.3, 0.4) is 0 Å². The molecule has 8 heteroatoms. The zero-order chi connectivity index (χ0) is 14.0. The molecular formula is C11H13FN2O3S2. The Labute approximate surface area is 114 Å². The number of nitrogens with one attached hydrogen (secondary N) is 1. The normalized spacial score (nSPS) is 19.4. The van der Waals surface area contributed by atoms with E-state index in [9.17, 15) is 17.6 Å². The van der Waals surface area contributed by atoms with Gasteiger partial charge in [-0.05, 0) is 36.8 Å². The van der Waals surface area contributed by atoms with Gasteiger partial charge >= 0.3 is 0 Å². The smallest absolute Gasteiger partial charge is 0.238 e. The monoisotopic (exact) mass is 304 g/mol. The molecule has 0 bridgehead atoms. The first kappa shape index (κ1) is 14.3. The fraction of sp³-hybridized carbons (Fsp3) is 0.364. The quantitative estimate of drug-likeness (QED) is 0.881. The Bertz CT molecular complexity index is 598. The highest BCUT2D eigenvalue weighted by atomic mass is 32.2. The molecule has 1 aliphatic heterocycles. The van der Waals surface area contributed by atoms with Crippen molar-refractivity contribution < 1.29 is 17.6 Å². The molecular weight excluding hydrogens is 291 g/mol. The minimum atomic E-state index is -3.94. The molecule has 0 aromatic heterocycles. The highest BCUT2D eigenvalue weighted by Crippen LogP contribution is 2.28. The Morgan fingerprint density at radius 2 is 2.21 bits per heavy atom. The number of hydrogen-bond acceptors (Lipinski definition) is 4. The molecule has 1 heterocycles. The number of benzene rings is 1. The molecule has 0 radical (unpaired) electrons. The number of primary sulfonamides is 1. The van der Waals surface area contributed by atoms with Crippen molar-refractivity contribution in [2.75, 3.05) is 11.1 Å². The van der Waals surface area contributed by atoms with Crippen LogP contribution in [-0.2, 0) is 14.8 Å². The lowest BCUT2D eigenvalue weighted by Gasteiger charge is -2.11. The predicted molar refractivity (Wildman–Crippen MR) is 71.9 cm³/mol. The zero-order valence-corrected chi connectivity index (χ0v) is 11.6. The van der Waals surface area contributed by atoms with Crippen molar-refractivity contribution in [2.24, 2.45) is 5.14 Å². The van der Waals surface area contributed by atoms with Crippen LogP contribution in [-0.4, -0.2) is 25.3 Å². The fourth-order valence-corrected chi connectivity index (χ4v) is 3.46. The van der Waals surface area contributed by atoms with E-state index < -0.39 is 15.8 Å². The number of sulfonamides is 1. The van der Waals surface area contributed by atoms with Crippen molar-refractivity contribution in [1.29, 1.82) is 0 Å². The highest BCUT2D eigenvalue weighted by molar-refractivity contribution is 8.00. The molecule has 1 amide bonds. The summed E-state index contributed by atoms with van der Waals surface area (Å²) in [6.45, 7) is 0. The summed E-state index contributed by atoms with van der Waals surface area (Å²) < 4.78 is 35.8. The van der Waals surface area contributed by atoms with Gasteiger partial charge in [-0.1, -0.05) is 0 Å². The number of anilines is 1. The number of thioether (sulfide) groups is 1. The summed E-state index contributed by atoms with van der Waals surface area (Å²) in [5.41, 5.74) is -0.0371. The van der Waals surface area contributed by atoms with E-state index in [1.165, 1.54) is 17.8 Å². The van der Waals surface area contributed by atoms with Crippen LogP contribution in [0, 0.1) is 5.82 Å². The van der Waals surface area contributed by atoms with Gasteiger partial charge in [-0.3, -0.25) is 4.79 Å². The third-order valence-electron chi connectivity index (χ3n) is 2.75. The summed E-state index contributed by atoms with van der Waals surface area (Å²) in [4.78, 5) is 11.5. The molecule has 1 aliphatic rings. The average molecular weight is 304 g/mol. The van der Waals surface area contributed by atoms with Crippen LogP contribution in [0.5, 0.6) is 0 Å². The van der Waals surface area contributed by atoms with Crippen LogP contribution < -0.4 is 10.5 Å². The van der Waals surface area contributed by atoms with Crippen molar-refractivity contribution in [3.8, 4) is 0 Å². The van der Waals surface area contributed by atoms with E-state index in [1.54, 1.807) is 0 Å². The number of carbonyl (C=O) groups excluding carboxylic acids is 1. The molecule has 1 unspecified atom stereocenters. The van der Waals surface area contributed by atoms with Gasteiger partial charge in [0.15, 0.2) is 0 Å². The van der Waals surface area contributed by atoms with Crippen molar-refractivity contribution in [1.82, 2.24) is 0 Å². The van der Waals surface area contributed by atoms with Crippen molar-refractivity contribution in [3.05, 3.63) is 24.0 Å². The number of rotatable bonds is 3. The predicted octanol–water partition coefficient (Wildman–Crippen LogP) is 1.31. The standard InChI is InChI=1S/C11H13FN2O3S2/c12-8-6-7(19(13,16)17)3-4-9(8)14-11(15)10-2-1-5-18-10/h3-4,6,10H,1-2,5H2,(H,14,15)(H2,13,16,17). The lowest BCUT2D eigenvalue weighted by molar-refractivity contribution is -0.115. The van der Waals surface area contributed by atoms with E-state index >= 15 is 0 Å². The lowest BCUT2D eigenvalue weighted by atomic mass is 10.2. The summed E-state index contributed by atoms with van der Waals surface area (Å²) in [6, 6.07) is 3.16. The lowest BCUT2D eigenvalue weighted by Crippen LogP contribution is -2.23. The minimum absolute atomic E-state index is 0.0371. The summed E-state index contributed by atoms with van der Waals surface area (Å²) in [5.74, 6) is -0.155. The van der Waals surface area contributed by atoms with Crippen molar-refractivity contribution in [2.45, 2.75) is 23.0 Å². The fourth-order valence-electron chi connectivity index (χ4n) is 1.77. The molecule has 1 aromatic carbocycles. The maximum absolute atomic E-state index is 13.7. The second-order valence-corrected chi connectivity index (χ2v) is 7.05. The van der Waals surface area contributed by atoms with Crippen LogP contribution in [0.4, 0.5) is 10.1 Å². The number of nitrogens with two attached hydrogens (primary N) is 1. The van der Waals surface area contributed by atoms with Crippen LogP contribution >= 0.6 is 11.8 Å². The first-order valence-corrected chi connectivity index (χ1v) is 8.22. The number of hydrogen-bond donors (Lipinski definition) is 2. The van der Waals surface area contributed by atoms with Gasteiger partial charge in [0, 0.05) is 0 Å². The molecule has 1 aromatic rings. The van der Waals surface area contributed by atoms with Crippen molar-refractivity contribution in [3.63, 3.8) is 0 Å². The van der Waals surface area contributed by atoms with E-state index in [4.69, 9.17) is 5.14 Å². The minimum Gasteiger partial charge on any atom is -0.323 e. The third-order valence-corrected chi connectivity index (χ3v) is 5.04. The maximum Gasteiger partial charge on any atom is 0.238 e. The number of carbonyl (C=O) groups is 1. The molecule has 0 aliphatic carbocycles. The van der Waals surface area contributed by atoms with E-state index in [-0.39, 0.29) is 21.7 Å². The van der Waals surface area contributed by atoms with E-state index in [1.807, 2.05) is 0 Å². The van der Waals surface area contributed by atoms with Gasteiger partial charge in [-0.2, -0.15) is 0 Å². The summed E-state index contributed by atoms with van der Waals surface area (Å²) in [5, 5.41) is 7.18. The van der Waals surface area contributed by atoms with Crippen LogP contribution in [0.1, 0.15) is 12.8 Å². The number of amides is 1. The van der Waals surface area contributed by atoms with Gasteiger partial charge in [0.25, 0.3) is 0 Å². The van der Waals surface area contributed by atoms with Crippen molar-refractivity contribution >= 4 is 33.4 Å². The third kappa shape index (κ3) is 3.46. The summed E-state index contributed by atoms with van der Waals surface area (Å²) in [7, 11) is -3.94. The van der Waals surface area contributed by atoms with Gasteiger partial charge < -0.3 is 5.32 Å². The first-order chi connectivity index (χ1) is 8.88. The van der Waals surface area contributed by atoms with E-state index in [2.05, 4.69) is 5.32 Å². The molecule has 1 saturated heterocycles. The van der Waals surface area contributed by atoms with Gasteiger partial charge in [-0.15, -0.1) is 11.8 Å². The van der Waals surface area contributed by atoms with Crippen LogP contribution in [0.25, 0.3) is 0 Å². The molecule has 1 fully saturated rings. The van der Waals surface area contributed by atoms with E-state index in [0.29, 0.717) is 0 Å². The SMILES string of the molecule is NS(=O)(=O)c1ccc(NC(=O)C2CCCS2)c(F)c1. The first-order valence-electron chi connectivity index (χ1n) is 5.63. The molecule has 1 atom stereocenters. The van der Waals surface area contributed by atoms with Gasteiger partial charge in [0.05, 0.1) is 15.8 Å². The van der Waals surface area contributed by atoms with E-state index in [0.717, 1.165) is 30.7 Å². The second-order valence-electron chi connectivity index (χ2n) is 4.18. The largest absolute Gasteiger partial charge is 0.323 e. The Morgan fingerprint density at radius 1 is 1.47 bits per heavy atom. The van der Waals surface area contributed by atoms with Gasteiger partial charge in [-0.25, -0.2) is 17.9 Å². The molecule has 3 N–H and O–H groups in total. The average Bonchev–Trinajstić information content (AvgIpc) is 2.84. The summed E-state index contributed by atoms with van der Waals surface area (Å²) >= 11 is 1.53.